The molecule has 3 N–H and O–H groups in total. The van der Waals surface area contributed by atoms with Crippen LogP contribution in [0.2, 0.25) is 0 Å². The van der Waals surface area contributed by atoms with Crippen LogP contribution >= 0.6 is 11.8 Å². The van der Waals surface area contributed by atoms with Crippen LogP contribution in [0.4, 0.5) is 0 Å². The number of carbonyl (C=O) groups excluding carboxylic acids is 2. The van der Waals surface area contributed by atoms with Gasteiger partial charge in [-0.25, -0.2) is 0 Å². The average molecular weight is 356 g/mol. The first kappa shape index (κ1) is 17.5. The van der Waals surface area contributed by atoms with Gasteiger partial charge in [-0.15, -0.1) is 11.8 Å². The summed E-state index contributed by atoms with van der Waals surface area (Å²) in [4.78, 5) is 24.3. The number of thioether (sulfide) groups is 1. The number of rotatable bonds is 5. The lowest BCUT2D eigenvalue weighted by Gasteiger charge is -2.42. The van der Waals surface area contributed by atoms with Crippen LogP contribution in [-0.4, -0.2) is 33.8 Å². The molecule has 3 rings (SSSR count). The molecule has 1 aliphatic heterocycles. The third-order valence-corrected chi connectivity index (χ3v) is 5.45. The number of carbonyl (C=O) groups is 2. The van der Waals surface area contributed by atoms with E-state index in [9.17, 15) is 14.7 Å². The molecule has 5 nitrogen and oxygen atoms in total. The number of nitrogens with one attached hydrogen (secondary N) is 2. The van der Waals surface area contributed by atoms with Gasteiger partial charge in [0.25, 0.3) is 11.8 Å². The van der Waals surface area contributed by atoms with E-state index in [0.717, 1.165) is 11.1 Å². The van der Waals surface area contributed by atoms with E-state index in [1.165, 1.54) is 11.8 Å². The Morgan fingerprint density at radius 2 is 1.36 bits per heavy atom. The van der Waals surface area contributed by atoms with Gasteiger partial charge in [-0.2, -0.15) is 0 Å². The summed E-state index contributed by atoms with van der Waals surface area (Å²) in [5.74, 6) is -0.997. The summed E-state index contributed by atoms with van der Waals surface area (Å²) in [6.45, 7) is 0. The molecule has 1 heterocycles. The number of hydrogen-bond donors (Lipinski definition) is 3. The number of hydrogen-bond acceptors (Lipinski definition) is 4. The molecule has 0 radical (unpaired) electrons. The maximum atomic E-state index is 12.8. The average Bonchev–Trinajstić information content (AvgIpc) is 2.61. The van der Waals surface area contributed by atoms with Gasteiger partial charge in [0.2, 0.25) is 5.72 Å². The van der Waals surface area contributed by atoms with Gasteiger partial charge < -0.3 is 15.7 Å². The molecule has 0 saturated carbocycles. The molecule has 0 bridgehead atoms. The summed E-state index contributed by atoms with van der Waals surface area (Å²) in [6, 6.07) is 18.6. The monoisotopic (exact) mass is 356 g/mol. The van der Waals surface area contributed by atoms with Crippen molar-refractivity contribution in [3.63, 3.8) is 0 Å². The largest absolute Gasteiger partial charge is 0.363 e. The second-order valence-corrected chi connectivity index (χ2v) is 7.23. The molecule has 130 valence electrons. The second kappa shape index (κ2) is 6.90. The van der Waals surface area contributed by atoms with Crippen LogP contribution in [0.15, 0.2) is 60.7 Å². The van der Waals surface area contributed by atoms with Crippen molar-refractivity contribution in [2.45, 2.75) is 23.4 Å². The second-order valence-electron chi connectivity index (χ2n) is 6.12. The maximum absolute atomic E-state index is 12.8. The zero-order valence-corrected chi connectivity index (χ0v) is 14.7. The Kier molecular flexibility index (Phi) is 4.83. The Morgan fingerprint density at radius 1 is 0.840 bits per heavy atom. The third kappa shape index (κ3) is 3.55. The summed E-state index contributed by atoms with van der Waals surface area (Å²) in [7, 11) is 0. The highest BCUT2D eigenvalue weighted by atomic mass is 32.2. The van der Waals surface area contributed by atoms with Crippen LogP contribution in [0.3, 0.4) is 0 Å². The molecular weight excluding hydrogens is 336 g/mol. The Morgan fingerprint density at radius 3 is 1.88 bits per heavy atom. The fourth-order valence-electron chi connectivity index (χ4n) is 2.93. The van der Waals surface area contributed by atoms with Crippen molar-refractivity contribution in [3.05, 3.63) is 71.8 Å². The highest BCUT2D eigenvalue weighted by Gasteiger charge is 2.52. The molecule has 2 aromatic carbocycles. The lowest BCUT2D eigenvalue weighted by molar-refractivity contribution is -0.158. The first-order valence-corrected chi connectivity index (χ1v) is 9.20. The van der Waals surface area contributed by atoms with E-state index in [1.54, 1.807) is 18.4 Å². The van der Waals surface area contributed by atoms with E-state index < -0.39 is 22.4 Å². The Balaban J connectivity index is 1.83. The molecular formula is C19H20N2O3S. The summed E-state index contributed by atoms with van der Waals surface area (Å²) in [6.07, 6.45) is 2.12. The van der Waals surface area contributed by atoms with E-state index in [0.29, 0.717) is 6.42 Å². The first-order valence-electron chi connectivity index (χ1n) is 7.98. The van der Waals surface area contributed by atoms with E-state index in [2.05, 4.69) is 10.6 Å². The minimum absolute atomic E-state index is 0.0151. The van der Waals surface area contributed by atoms with Crippen molar-refractivity contribution in [1.29, 1.82) is 0 Å². The molecule has 1 aliphatic rings. The molecule has 6 heteroatoms. The Bertz CT molecular complexity index is 769. The van der Waals surface area contributed by atoms with Gasteiger partial charge >= 0.3 is 0 Å². The molecule has 0 aromatic heterocycles. The van der Waals surface area contributed by atoms with E-state index >= 15 is 0 Å². The number of benzene rings is 2. The van der Waals surface area contributed by atoms with Crippen molar-refractivity contribution in [3.8, 4) is 0 Å². The molecule has 2 amide bonds. The van der Waals surface area contributed by atoms with Crippen molar-refractivity contribution >= 4 is 23.6 Å². The van der Waals surface area contributed by atoms with Crippen molar-refractivity contribution in [2.75, 3.05) is 6.26 Å². The van der Waals surface area contributed by atoms with Gasteiger partial charge in [-0.3, -0.25) is 9.59 Å². The summed E-state index contributed by atoms with van der Waals surface area (Å²) in [5.41, 5.74) is -0.255. The van der Waals surface area contributed by atoms with Crippen LogP contribution in [0, 0.1) is 0 Å². The van der Waals surface area contributed by atoms with Crippen LogP contribution in [0.25, 0.3) is 0 Å². The Hall–Kier alpha value is -2.31. The zero-order chi connectivity index (χ0) is 17.9. The van der Waals surface area contributed by atoms with Gasteiger partial charge in [-0.1, -0.05) is 60.7 Å². The highest BCUT2D eigenvalue weighted by Crippen LogP contribution is 2.30. The van der Waals surface area contributed by atoms with E-state index in [4.69, 9.17) is 0 Å². The van der Waals surface area contributed by atoms with Crippen LogP contribution in [0.1, 0.15) is 11.1 Å². The highest BCUT2D eigenvalue weighted by molar-refractivity contribution is 8.00. The minimum Gasteiger partial charge on any atom is -0.363 e. The van der Waals surface area contributed by atoms with Crippen molar-refractivity contribution in [2.24, 2.45) is 0 Å². The first-order chi connectivity index (χ1) is 12.0. The SMILES string of the molecule is CS[C@@]1(Cc2ccccc2)NC(=O)[C@@](O)(Cc2ccccc2)NC1=O. The van der Waals surface area contributed by atoms with Gasteiger partial charge in [-0.05, 0) is 17.4 Å². The van der Waals surface area contributed by atoms with Gasteiger partial charge in [0, 0.05) is 12.8 Å². The molecule has 0 aliphatic carbocycles. The third-order valence-electron chi connectivity index (χ3n) is 4.33. The Labute approximate surface area is 150 Å². The maximum Gasteiger partial charge on any atom is 0.275 e. The lowest BCUT2D eigenvalue weighted by Crippen LogP contribution is -2.75. The normalized spacial score (nSPS) is 26.0. The smallest absolute Gasteiger partial charge is 0.275 e. The molecule has 2 aromatic rings. The standard InChI is InChI=1S/C19H20N2O3S/c1-25-19(13-15-10-6-3-7-11-15)17(23)20-18(24,16(22)21-19)12-14-8-4-2-5-9-14/h2-11,24H,12-13H2,1H3,(H,20,23)(H,21,22)/t18-,19+/m0/s1. The van der Waals surface area contributed by atoms with Gasteiger partial charge in [0.1, 0.15) is 0 Å². The summed E-state index contributed by atoms with van der Waals surface area (Å²) in [5, 5.41) is 16.0. The molecule has 0 spiro atoms. The number of piperazine rings is 1. The fourth-order valence-corrected chi connectivity index (χ4v) is 3.67. The van der Waals surface area contributed by atoms with Crippen molar-refractivity contribution < 1.29 is 14.7 Å². The predicted molar refractivity (Wildman–Crippen MR) is 97.8 cm³/mol. The van der Waals surface area contributed by atoms with Crippen molar-refractivity contribution in [1.82, 2.24) is 10.6 Å². The van der Waals surface area contributed by atoms with Crippen LogP contribution in [0.5, 0.6) is 0 Å². The molecule has 25 heavy (non-hydrogen) atoms. The van der Waals surface area contributed by atoms with Crippen LogP contribution in [-0.2, 0) is 22.4 Å². The summed E-state index contributed by atoms with van der Waals surface area (Å²) < 4.78 is 0. The quantitative estimate of drug-likeness (QED) is 0.758. The lowest BCUT2D eigenvalue weighted by atomic mass is 9.95. The number of aliphatic hydroxyl groups is 1. The van der Waals surface area contributed by atoms with E-state index in [1.807, 2.05) is 48.5 Å². The zero-order valence-electron chi connectivity index (χ0n) is 13.9. The van der Waals surface area contributed by atoms with E-state index in [-0.39, 0.29) is 6.42 Å². The fraction of sp³-hybridized carbons (Fsp3) is 0.263. The number of amides is 2. The molecule has 1 fully saturated rings. The van der Waals surface area contributed by atoms with Gasteiger partial charge in [0.05, 0.1) is 0 Å². The van der Waals surface area contributed by atoms with Crippen LogP contribution < -0.4 is 10.6 Å². The molecule has 0 unspecified atom stereocenters. The van der Waals surface area contributed by atoms with Gasteiger partial charge in [0.15, 0.2) is 4.87 Å². The minimum atomic E-state index is -1.95. The molecule has 1 saturated heterocycles. The molecule has 2 atom stereocenters. The topological polar surface area (TPSA) is 78.4 Å². The predicted octanol–water partition coefficient (Wildman–Crippen LogP) is 1.47. The summed E-state index contributed by atoms with van der Waals surface area (Å²) >= 11 is 1.25.